The van der Waals surface area contributed by atoms with E-state index in [0.29, 0.717) is 6.61 Å². The molecule has 1 heterocycles. The molecule has 1 aliphatic carbocycles. The second kappa shape index (κ2) is 4.45. The molecule has 3 atom stereocenters. The van der Waals surface area contributed by atoms with E-state index in [0.717, 1.165) is 6.42 Å². The van der Waals surface area contributed by atoms with Crippen LogP contribution in [0, 0.1) is 11.8 Å². The molecule has 2 amide bonds. The maximum Gasteiger partial charge on any atom is 0.232 e. The third kappa shape index (κ3) is 2.52. The zero-order valence-electron chi connectivity index (χ0n) is 12.4. The van der Waals surface area contributed by atoms with Crippen LogP contribution in [-0.2, 0) is 9.22 Å². The summed E-state index contributed by atoms with van der Waals surface area (Å²) in [5.74, 6) is -0.465. The van der Waals surface area contributed by atoms with E-state index in [2.05, 4.69) is 33.9 Å². The highest BCUT2D eigenvalue weighted by atomic mass is 28.4. The van der Waals surface area contributed by atoms with Crippen molar-refractivity contribution in [3.63, 3.8) is 0 Å². The molecular formula is C13H22BNO3Si. The van der Waals surface area contributed by atoms with Crippen LogP contribution in [0.5, 0.6) is 0 Å². The number of hydrogen-bond acceptors (Lipinski definition) is 3. The first-order valence-electron chi connectivity index (χ1n) is 6.83. The smallest absolute Gasteiger partial charge is 0.232 e. The molecule has 104 valence electrons. The summed E-state index contributed by atoms with van der Waals surface area (Å²) in [4.78, 5) is 24.5. The number of hydrogen-bond donors (Lipinski definition) is 0. The molecule has 1 saturated heterocycles. The lowest BCUT2D eigenvalue weighted by Crippen LogP contribution is -2.48. The van der Waals surface area contributed by atoms with E-state index in [1.54, 1.807) is 0 Å². The van der Waals surface area contributed by atoms with Crippen molar-refractivity contribution in [1.82, 2.24) is 4.90 Å². The molecule has 0 aromatic carbocycles. The van der Waals surface area contributed by atoms with E-state index < -0.39 is 14.1 Å². The van der Waals surface area contributed by atoms with E-state index in [1.165, 1.54) is 4.90 Å². The van der Waals surface area contributed by atoms with Crippen molar-refractivity contribution >= 4 is 27.9 Å². The Labute approximate surface area is 117 Å². The number of rotatable bonds is 3. The quantitative estimate of drug-likeness (QED) is 0.744. The van der Waals surface area contributed by atoms with Gasteiger partial charge in [-0.15, -0.1) is 0 Å². The fraction of sp³-hybridized carbons (Fsp3) is 0.846. The first-order chi connectivity index (χ1) is 8.56. The van der Waals surface area contributed by atoms with Crippen LogP contribution in [0.4, 0.5) is 4.79 Å². The molecule has 6 heteroatoms. The lowest BCUT2D eigenvalue weighted by atomic mass is 10.1. The van der Waals surface area contributed by atoms with Gasteiger partial charge in [0.25, 0.3) is 0 Å². The summed E-state index contributed by atoms with van der Waals surface area (Å²) in [6, 6.07) is -0.149. The zero-order chi connectivity index (χ0) is 14.6. The maximum atomic E-state index is 11.9. The molecule has 0 spiro atoms. The van der Waals surface area contributed by atoms with Gasteiger partial charge >= 0.3 is 0 Å². The van der Waals surface area contributed by atoms with Crippen LogP contribution in [0.15, 0.2) is 0 Å². The zero-order valence-corrected chi connectivity index (χ0v) is 13.4. The third-order valence-corrected chi connectivity index (χ3v) is 9.38. The van der Waals surface area contributed by atoms with E-state index >= 15 is 0 Å². The first-order valence-corrected chi connectivity index (χ1v) is 9.73. The SMILES string of the molecule is [B]C(=O)N1C(=O)C2CC2[C@H]1CO[Si](C)(C)C(C)(C)C. The van der Waals surface area contributed by atoms with Gasteiger partial charge in [-0.3, -0.25) is 14.5 Å². The van der Waals surface area contributed by atoms with Crippen LogP contribution in [0.1, 0.15) is 27.2 Å². The van der Waals surface area contributed by atoms with Crippen LogP contribution >= 0.6 is 0 Å². The number of fused-ring (bicyclic) bond motifs is 1. The average molecular weight is 279 g/mol. The topological polar surface area (TPSA) is 46.6 Å². The summed E-state index contributed by atoms with van der Waals surface area (Å²) >= 11 is 0. The number of carbonyl (C=O) groups excluding carboxylic acids is 2. The largest absolute Gasteiger partial charge is 0.415 e. The lowest BCUT2D eigenvalue weighted by Gasteiger charge is -2.38. The maximum absolute atomic E-state index is 11.9. The number of likely N-dealkylation sites (tertiary alicyclic amines) is 1. The van der Waals surface area contributed by atoms with Gasteiger partial charge < -0.3 is 4.43 Å². The van der Waals surface area contributed by atoms with E-state index in [4.69, 9.17) is 12.3 Å². The van der Waals surface area contributed by atoms with Crippen molar-refractivity contribution < 1.29 is 14.0 Å². The first kappa shape index (κ1) is 14.8. The third-order valence-electron chi connectivity index (χ3n) is 4.88. The molecule has 0 N–H and O–H groups in total. The van der Waals surface area contributed by atoms with Gasteiger partial charge in [0.1, 0.15) is 0 Å². The number of amides is 2. The summed E-state index contributed by atoms with van der Waals surface area (Å²) < 4.78 is 6.14. The van der Waals surface area contributed by atoms with Crippen molar-refractivity contribution in [2.45, 2.75) is 51.4 Å². The molecular weight excluding hydrogens is 257 g/mol. The Morgan fingerprint density at radius 2 is 2.05 bits per heavy atom. The van der Waals surface area contributed by atoms with Crippen molar-refractivity contribution in [2.24, 2.45) is 11.8 Å². The predicted molar refractivity (Wildman–Crippen MR) is 76.5 cm³/mol. The van der Waals surface area contributed by atoms with Crippen LogP contribution < -0.4 is 0 Å². The summed E-state index contributed by atoms with van der Waals surface area (Å²) in [5.41, 5.74) is 0. The molecule has 1 aliphatic heterocycles. The Bertz CT molecular complexity index is 419. The standard InChI is InChI=1S/C13H22BNO3Si/c1-13(2,3)19(4,5)18-7-10-8-6-9(8)11(16)15(10)12(14)17/h8-10H,6-7H2,1-5H3/t8?,9?,10-/m1/s1. The van der Waals surface area contributed by atoms with Gasteiger partial charge in [-0.2, -0.15) is 0 Å². The molecule has 0 aromatic rings. The highest BCUT2D eigenvalue weighted by Crippen LogP contribution is 2.51. The summed E-state index contributed by atoms with van der Waals surface area (Å²) in [6.07, 6.45) is 0.883. The molecule has 1 saturated carbocycles. The van der Waals surface area contributed by atoms with Gasteiger partial charge in [0, 0.05) is 5.92 Å². The highest BCUT2D eigenvalue weighted by Gasteiger charge is 2.59. The molecule has 0 bridgehead atoms. The fourth-order valence-electron chi connectivity index (χ4n) is 2.44. The van der Waals surface area contributed by atoms with Crippen molar-refractivity contribution in [3.8, 4) is 0 Å². The number of carbonyl (C=O) groups is 2. The molecule has 19 heavy (non-hydrogen) atoms. The van der Waals surface area contributed by atoms with Gasteiger partial charge in [-0.25, -0.2) is 0 Å². The second-order valence-corrected chi connectivity index (χ2v) is 12.0. The molecule has 4 nitrogen and oxygen atoms in total. The molecule has 0 aromatic heterocycles. The summed E-state index contributed by atoms with van der Waals surface area (Å²) in [7, 11) is 3.45. The predicted octanol–water partition coefficient (Wildman–Crippen LogP) is 2.14. The van der Waals surface area contributed by atoms with Crippen LogP contribution in [0.3, 0.4) is 0 Å². The average Bonchev–Trinajstić information content (AvgIpc) is 2.96. The monoisotopic (exact) mass is 279 g/mol. The molecule has 2 unspecified atom stereocenters. The van der Waals surface area contributed by atoms with Crippen molar-refractivity contribution in [2.75, 3.05) is 6.61 Å². The number of imide groups is 1. The van der Waals surface area contributed by atoms with E-state index in [9.17, 15) is 9.59 Å². The Hall–Kier alpha value is -0.618. The van der Waals surface area contributed by atoms with E-state index in [-0.39, 0.29) is 28.8 Å². The Morgan fingerprint density at radius 1 is 1.47 bits per heavy atom. The van der Waals surface area contributed by atoms with Crippen molar-refractivity contribution in [3.05, 3.63) is 0 Å². The Balaban J connectivity index is 2.03. The normalized spacial score (nSPS) is 30.5. The molecule has 2 rings (SSSR count). The van der Waals surface area contributed by atoms with Crippen LogP contribution in [0.25, 0.3) is 0 Å². The summed E-state index contributed by atoms with van der Waals surface area (Å²) in [5, 5.41) is 0.121. The second-order valence-electron chi connectivity index (χ2n) is 7.19. The van der Waals surface area contributed by atoms with Gasteiger partial charge in [-0.1, -0.05) is 20.8 Å². The fourth-order valence-corrected chi connectivity index (χ4v) is 3.46. The number of nitrogens with zero attached hydrogens (tertiary/aromatic N) is 1. The Kier molecular flexibility index (Phi) is 3.46. The van der Waals surface area contributed by atoms with Crippen LogP contribution in [0.2, 0.25) is 18.1 Å². The molecule has 2 aliphatic rings. The van der Waals surface area contributed by atoms with E-state index in [1.807, 2.05) is 0 Å². The minimum atomic E-state index is -1.86. The Morgan fingerprint density at radius 3 is 2.53 bits per heavy atom. The van der Waals surface area contributed by atoms with Gasteiger partial charge in [-0.05, 0) is 30.5 Å². The summed E-state index contributed by atoms with van der Waals surface area (Å²) in [6.45, 7) is 11.3. The van der Waals surface area contributed by atoms with Gasteiger partial charge in [0.05, 0.1) is 12.6 Å². The molecule has 2 radical (unpaired) electrons. The van der Waals surface area contributed by atoms with Gasteiger partial charge in [0.2, 0.25) is 13.8 Å². The highest BCUT2D eigenvalue weighted by molar-refractivity contribution is 6.74. The molecule has 2 fully saturated rings. The minimum Gasteiger partial charge on any atom is -0.415 e. The lowest BCUT2D eigenvalue weighted by molar-refractivity contribution is -0.128. The van der Waals surface area contributed by atoms with Crippen molar-refractivity contribution in [1.29, 1.82) is 0 Å². The number of piperidine rings is 1. The van der Waals surface area contributed by atoms with Crippen LogP contribution in [-0.4, -0.2) is 45.4 Å². The minimum absolute atomic E-state index is 0.0144. The van der Waals surface area contributed by atoms with Gasteiger partial charge in [0.15, 0.2) is 14.1 Å².